The maximum absolute atomic E-state index is 11.4. The van der Waals surface area contributed by atoms with Crippen molar-refractivity contribution in [2.45, 2.75) is 37.7 Å². The summed E-state index contributed by atoms with van der Waals surface area (Å²) in [4.78, 5) is 11.4. The van der Waals surface area contributed by atoms with E-state index in [2.05, 4.69) is 5.32 Å². The van der Waals surface area contributed by atoms with Crippen LogP contribution >= 0.6 is 0 Å². The first kappa shape index (κ1) is 15.0. The highest BCUT2D eigenvalue weighted by atomic mass is 16.4. The maximum Gasteiger partial charge on any atom is 0.312 e. The molecule has 1 aliphatic carbocycles. The zero-order valence-corrected chi connectivity index (χ0v) is 11.7. The lowest BCUT2D eigenvalue weighted by atomic mass is 9.87. The summed E-state index contributed by atoms with van der Waals surface area (Å²) in [6.07, 6.45) is 3.65. The van der Waals surface area contributed by atoms with E-state index in [-0.39, 0.29) is 6.10 Å². The van der Waals surface area contributed by atoms with Gasteiger partial charge in [0.05, 0.1) is 12.0 Å². The number of nitrogens with one attached hydrogen (secondary N) is 1. The zero-order valence-electron chi connectivity index (χ0n) is 11.7. The lowest BCUT2D eigenvalue weighted by Gasteiger charge is -2.26. The topological polar surface area (TPSA) is 69.6 Å². The monoisotopic (exact) mass is 277 g/mol. The van der Waals surface area contributed by atoms with Gasteiger partial charge < -0.3 is 15.5 Å². The molecule has 2 rings (SSSR count). The second-order valence-electron chi connectivity index (χ2n) is 5.63. The van der Waals surface area contributed by atoms with Crippen molar-refractivity contribution in [3.05, 3.63) is 35.9 Å². The van der Waals surface area contributed by atoms with Crippen LogP contribution in [0.15, 0.2) is 30.3 Å². The van der Waals surface area contributed by atoms with Crippen molar-refractivity contribution in [3.8, 4) is 0 Å². The fourth-order valence-electron chi connectivity index (χ4n) is 2.81. The number of carbonyl (C=O) groups is 1. The lowest BCUT2D eigenvalue weighted by molar-refractivity contribution is -0.138. The van der Waals surface area contributed by atoms with Gasteiger partial charge in [0.15, 0.2) is 0 Å². The van der Waals surface area contributed by atoms with Gasteiger partial charge >= 0.3 is 5.97 Å². The number of carboxylic acids is 1. The Balaban J connectivity index is 1.80. The number of benzene rings is 1. The van der Waals surface area contributed by atoms with Gasteiger partial charge in [0.25, 0.3) is 0 Å². The first-order valence-corrected chi connectivity index (χ1v) is 7.33. The Bertz CT molecular complexity index is 413. The van der Waals surface area contributed by atoms with E-state index in [0.29, 0.717) is 12.5 Å². The molecule has 1 aromatic rings. The van der Waals surface area contributed by atoms with E-state index in [9.17, 15) is 15.0 Å². The molecule has 3 N–H and O–H groups in total. The maximum atomic E-state index is 11.4. The minimum atomic E-state index is -0.789. The SMILES string of the molecule is O=C(O)C(CNCC1CCC(O)CC1)c1ccccc1. The van der Waals surface area contributed by atoms with E-state index in [4.69, 9.17) is 0 Å². The second kappa shape index (κ2) is 7.41. The molecule has 0 aliphatic heterocycles. The predicted molar refractivity (Wildman–Crippen MR) is 77.7 cm³/mol. The fourth-order valence-corrected chi connectivity index (χ4v) is 2.81. The summed E-state index contributed by atoms with van der Waals surface area (Å²) in [5.41, 5.74) is 0.839. The van der Waals surface area contributed by atoms with Crippen LogP contribution in [0.3, 0.4) is 0 Å². The third-order valence-corrected chi connectivity index (χ3v) is 4.10. The van der Waals surface area contributed by atoms with Crippen LogP contribution in [0, 0.1) is 5.92 Å². The zero-order chi connectivity index (χ0) is 14.4. The summed E-state index contributed by atoms with van der Waals surface area (Å²) >= 11 is 0. The molecule has 110 valence electrons. The number of carboxylic acid groups (broad SMARTS) is 1. The van der Waals surface area contributed by atoms with Gasteiger partial charge in [0.1, 0.15) is 0 Å². The summed E-state index contributed by atoms with van der Waals surface area (Å²) in [6, 6.07) is 9.35. The van der Waals surface area contributed by atoms with E-state index in [1.165, 1.54) is 0 Å². The molecule has 0 amide bonds. The molecule has 0 aromatic heterocycles. The minimum Gasteiger partial charge on any atom is -0.481 e. The Labute approximate surface area is 119 Å². The highest BCUT2D eigenvalue weighted by molar-refractivity contribution is 5.76. The normalized spacial score (nSPS) is 24.2. The highest BCUT2D eigenvalue weighted by Gasteiger charge is 2.22. The Kier molecular flexibility index (Phi) is 5.56. The van der Waals surface area contributed by atoms with Crippen molar-refractivity contribution in [2.24, 2.45) is 5.92 Å². The average Bonchev–Trinajstić information content (AvgIpc) is 2.46. The molecule has 0 saturated heterocycles. The number of aliphatic hydroxyl groups excluding tert-OH is 1. The van der Waals surface area contributed by atoms with Gasteiger partial charge in [-0.3, -0.25) is 4.79 Å². The van der Waals surface area contributed by atoms with Crippen LogP contribution in [0.5, 0.6) is 0 Å². The Hall–Kier alpha value is -1.39. The van der Waals surface area contributed by atoms with E-state index in [1.807, 2.05) is 30.3 Å². The van der Waals surface area contributed by atoms with Crippen molar-refractivity contribution < 1.29 is 15.0 Å². The van der Waals surface area contributed by atoms with Crippen LogP contribution in [-0.4, -0.2) is 35.4 Å². The number of hydrogen-bond acceptors (Lipinski definition) is 3. The molecular weight excluding hydrogens is 254 g/mol. The Morgan fingerprint density at radius 3 is 2.45 bits per heavy atom. The molecule has 0 heterocycles. The number of rotatable bonds is 6. The van der Waals surface area contributed by atoms with Crippen LogP contribution < -0.4 is 5.32 Å². The van der Waals surface area contributed by atoms with Gasteiger partial charge in [-0.2, -0.15) is 0 Å². The molecular formula is C16H23NO3. The quantitative estimate of drug-likeness (QED) is 0.744. The van der Waals surface area contributed by atoms with Gasteiger partial charge in [-0.25, -0.2) is 0 Å². The van der Waals surface area contributed by atoms with Crippen molar-refractivity contribution in [1.82, 2.24) is 5.32 Å². The van der Waals surface area contributed by atoms with Gasteiger partial charge in [-0.05, 0) is 43.7 Å². The molecule has 1 atom stereocenters. The molecule has 1 saturated carbocycles. The standard InChI is InChI=1S/C16H23NO3/c18-14-8-6-12(7-9-14)10-17-11-15(16(19)20)13-4-2-1-3-5-13/h1-5,12,14-15,17-18H,6-11H2,(H,19,20). The molecule has 0 spiro atoms. The lowest BCUT2D eigenvalue weighted by Crippen LogP contribution is -2.32. The van der Waals surface area contributed by atoms with Crippen molar-refractivity contribution in [1.29, 1.82) is 0 Å². The predicted octanol–water partition coefficient (Wildman–Crippen LogP) is 2.00. The molecule has 1 aliphatic rings. The first-order chi connectivity index (χ1) is 9.66. The average molecular weight is 277 g/mol. The van der Waals surface area contributed by atoms with Crippen LogP contribution in [-0.2, 0) is 4.79 Å². The summed E-state index contributed by atoms with van der Waals surface area (Å²) in [6.45, 7) is 1.29. The van der Waals surface area contributed by atoms with Crippen molar-refractivity contribution in [3.63, 3.8) is 0 Å². The van der Waals surface area contributed by atoms with Gasteiger partial charge in [0.2, 0.25) is 0 Å². The van der Waals surface area contributed by atoms with Crippen molar-refractivity contribution >= 4 is 5.97 Å². The van der Waals surface area contributed by atoms with Gasteiger partial charge in [-0.1, -0.05) is 30.3 Å². The first-order valence-electron chi connectivity index (χ1n) is 7.33. The molecule has 20 heavy (non-hydrogen) atoms. The van der Waals surface area contributed by atoms with E-state index in [1.54, 1.807) is 0 Å². The number of aliphatic hydroxyl groups is 1. The molecule has 4 heteroatoms. The number of hydrogen-bond donors (Lipinski definition) is 3. The van der Waals surface area contributed by atoms with Crippen LogP contribution in [0.25, 0.3) is 0 Å². The van der Waals surface area contributed by atoms with E-state index in [0.717, 1.165) is 37.8 Å². The summed E-state index contributed by atoms with van der Waals surface area (Å²) < 4.78 is 0. The third kappa shape index (κ3) is 4.32. The van der Waals surface area contributed by atoms with E-state index < -0.39 is 11.9 Å². The second-order valence-corrected chi connectivity index (χ2v) is 5.63. The summed E-state index contributed by atoms with van der Waals surface area (Å²) in [5, 5.41) is 22.1. The highest BCUT2D eigenvalue weighted by Crippen LogP contribution is 2.23. The van der Waals surface area contributed by atoms with Crippen molar-refractivity contribution in [2.75, 3.05) is 13.1 Å². The van der Waals surface area contributed by atoms with Crippen LogP contribution in [0.2, 0.25) is 0 Å². The van der Waals surface area contributed by atoms with Gasteiger partial charge in [0, 0.05) is 6.54 Å². The molecule has 1 unspecified atom stereocenters. The number of aliphatic carboxylic acids is 1. The minimum absolute atomic E-state index is 0.137. The molecule has 4 nitrogen and oxygen atoms in total. The fraction of sp³-hybridized carbons (Fsp3) is 0.562. The van der Waals surface area contributed by atoms with Crippen LogP contribution in [0.1, 0.15) is 37.2 Å². The molecule has 0 radical (unpaired) electrons. The summed E-state index contributed by atoms with van der Waals surface area (Å²) in [7, 11) is 0. The van der Waals surface area contributed by atoms with Crippen LogP contribution in [0.4, 0.5) is 0 Å². The summed E-state index contributed by atoms with van der Waals surface area (Å²) in [5.74, 6) is -0.725. The molecule has 1 fully saturated rings. The third-order valence-electron chi connectivity index (χ3n) is 4.10. The molecule has 0 bridgehead atoms. The smallest absolute Gasteiger partial charge is 0.312 e. The molecule has 1 aromatic carbocycles. The van der Waals surface area contributed by atoms with Gasteiger partial charge in [-0.15, -0.1) is 0 Å². The Morgan fingerprint density at radius 1 is 1.20 bits per heavy atom. The van der Waals surface area contributed by atoms with E-state index >= 15 is 0 Å². The Morgan fingerprint density at radius 2 is 1.85 bits per heavy atom. The largest absolute Gasteiger partial charge is 0.481 e.